The lowest BCUT2D eigenvalue weighted by atomic mass is 10.2. The van der Waals surface area contributed by atoms with Crippen molar-refractivity contribution in [3.8, 4) is 0 Å². The molecule has 1 heterocycles. The molecular formula is C11H20N2O4. The van der Waals surface area contributed by atoms with Crippen LogP contribution in [0.25, 0.3) is 0 Å². The summed E-state index contributed by atoms with van der Waals surface area (Å²) in [7, 11) is 0. The maximum absolute atomic E-state index is 11.9. The first kappa shape index (κ1) is 13.8. The molecule has 1 aliphatic rings. The number of ether oxygens (including phenoxy) is 1. The van der Waals surface area contributed by atoms with Gasteiger partial charge in [0.1, 0.15) is 6.04 Å². The molecule has 2 atom stereocenters. The zero-order valence-corrected chi connectivity index (χ0v) is 10.3. The van der Waals surface area contributed by atoms with Gasteiger partial charge >= 0.3 is 12.0 Å². The fraction of sp³-hybridized carbons (Fsp3) is 0.818. The number of nitrogens with one attached hydrogen (secondary N) is 1. The molecule has 1 fully saturated rings. The van der Waals surface area contributed by atoms with Crippen LogP contribution in [0.4, 0.5) is 4.79 Å². The van der Waals surface area contributed by atoms with E-state index in [1.807, 2.05) is 6.92 Å². The largest absolute Gasteiger partial charge is 0.480 e. The molecule has 0 radical (unpaired) electrons. The maximum Gasteiger partial charge on any atom is 0.326 e. The molecule has 0 spiro atoms. The molecule has 1 unspecified atom stereocenters. The summed E-state index contributed by atoms with van der Waals surface area (Å²) in [4.78, 5) is 24.4. The fourth-order valence-electron chi connectivity index (χ4n) is 1.83. The SMILES string of the molecule is CCC1COCCN1C(=O)N[C@@H](CC)C(=O)O. The van der Waals surface area contributed by atoms with Crippen LogP contribution in [0, 0.1) is 0 Å². The predicted molar refractivity (Wildman–Crippen MR) is 61.9 cm³/mol. The van der Waals surface area contributed by atoms with E-state index in [1.165, 1.54) is 0 Å². The Labute approximate surface area is 101 Å². The summed E-state index contributed by atoms with van der Waals surface area (Å²) >= 11 is 0. The van der Waals surface area contributed by atoms with Crippen molar-refractivity contribution >= 4 is 12.0 Å². The average Bonchev–Trinajstić information content (AvgIpc) is 2.35. The van der Waals surface area contributed by atoms with Crippen molar-refractivity contribution in [3.05, 3.63) is 0 Å². The molecule has 98 valence electrons. The van der Waals surface area contributed by atoms with E-state index in [-0.39, 0.29) is 12.1 Å². The van der Waals surface area contributed by atoms with Gasteiger partial charge in [-0.1, -0.05) is 13.8 Å². The smallest absolute Gasteiger partial charge is 0.326 e. The molecule has 0 aliphatic carbocycles. The van der Waals surface area contributed by atoms with Gasteiger partial charge in [-0.15, -0.1) is 0 Å². The minimum absolute atomic E-state index is 0.0371. The molecule has 1 saturated heterocycles. The van der Waals surface area contributed by atoms with Crippen LogP contribution >= 0.6 is 0 Å². The standard InChI is InChI=1S/C11H20N2O4/c1-3-8-7-17-6-5-13(8)11(16)12-9(4-2)10(14)15/h8-9H,3-7H2,1-2H3,(H,12,16)(H,14,15)/t8?,9-/m0/s1. The van der Waals surface area contributed by atoms with Crippen LogP contribution in [0.1, 0.15) is 26.7 Å². The Balaban J connectivity index is 2.58. The first-order valence-corrected chi connectivity index (χ1v) is 5.97. The Morgan fingerprint density at radius 2 is 2.24 bits per heavy atom. The Morgan fingerprint density at radius 1 is 1.53 bits per heavy atom. The third kappa shape index (κ3) is 3.59. The van der Waals surface area contributed by atoms with E-state index in [1.54, 1.807) is 11.8 Å². The van der Waals surface area contributed by atoms with Gasteiger partial charge in [0.2, 0.25) is 0 Å². The van der Waals surface area contributed by atoms with E-state index in [0.717, 1.165) is 6.42 Å². The lowest BCUT2D eigenvalue weighted by Gasteiger charge is -2.35. The number of carboxylic acid groups (broad SMARTS) is 1. The van der Waals surface area contributed by atoms with Crippen LogP contribution < -0.4 is 5.32 Å². The van der Waals surface area contributed by atoms with E-state index < -0.39 is 12.0 Å². The minimum Gasteiger partial charge on any atom is -0.480 e. The molecule has 0 bridgehead atoms. The Kier molecular flexibility index (Phi) is 5.21. The lowest BCUT2D eigenvalue weighted by molar-refractivity contribution is -0.139. The van der Waals surface area contributed by atoms with E-state index in [4.69, 9.17) is 9.84 Å². The highest BCUT2D eigenvalue weighted by Crippen LogP contribution is 2.10. The second kappa shape index (κ2) is 6.44. The van der Waals surface area contributed by atoms with E-state index >= 15 is 0 Å². The van der Waals surface area contributed by atoms with Crippen LogP contribution in [-0.2, 0) is 9.53 Å². The van der Waals surface area contributed by atoms with Gasteiger partial charge in [0, 0.05) is 6.54 Å². The summed E-state index contributed by atoms with van der Waals surface area (Å²) in [6.45, 7) is 5.26. The molecule has 1 rings (SSSR count). The Hall–Kier alpha value is -1.30. The van der Waals surface area contributed by atoms with Crippen LogP contribution in [-0.4, -0.2) is 53.8 Å². The molecular weight excluding hydrogens is 224 g/mol. The van der Waals surface area contributed by atoms with Crippen molar-refractivity contribution in [1.29, 1.82) is 0 Å². The zero-order chi connectivity index (χ0) is 12.8. The number of morpholine rings is 1. The summed E-state index contributed by atoms with van der Waals surface area (Å²) in [5.41, 5.74) is 0. The normalized spacial score (nSPS) is 22.0. The zero-order valence-electron chi connectivity index (χ0n) is 10.3. The summed E-state index contributed by atoms with van der Waals surface area (Å²) in [6.07, 6.45) is 1.18. The van der Waals surface area contributed by atoms with Gasteiger partial charge in [0.05, 0.1) is 19.3 Å². The number of hydrogen-bond acceptors (Lipinski definition) is 3. The number of aliphatic carboxylic acids is 1. The third-order valence-corrected chi connectivity index (χ3v) is 2.96. The average molecular weight is 244 g/mol. The van der Waals surface area contributed by atoms with Gasteiger partial charge in [-0.25, -0.2) is 9.59 Å². The van der Waals surface area contributed by atoms with Gasteiger partial charge in [-0.3, -0.25) is 0 Å². The molecule has 0 aromatic carbocycles. The summed E-state index contributed by atoms with van der Waals surface area (Å²) in [5.74, 6) is -0.998. The van der Waals surface area contributed by atoms with Gasteiger partial charge in [0.25, 0.3) is 0 Å². The number of carboxylic acids is 1. The quantitative estimate of drug-likeness (QED) is 0.762. The van der Waals surface area contributed by atoms with Gasteiger partial charge in [0.15, 0.2) is 0 Å². The van der Waals surface area contributed by atoms with Crippen molar-refractivity contribution in [2.75, 3.05) is 19.8 Å². The van der Waals surface area contributed by atoms with E-state index in [9.17, 15) is 9.59 Å². The van der Waals surface area contributed by atoms with Crippen molar-refractivity contribution in [2.24, 2.45) is 0 Å². The van der Waals surface area contributed by atoms with Crippen molar-refractivity contribution in [2.45, 2.75) is 38.8 Å². The number of urea groups is 1. The summed E-state index contributed by atoms with van der Waals surface area (Å²) in [6, 6.07) is -1.09. The van der Waals surface area contributed by atoms with Crippen LogP contribution in [0.5, 0.6) is 0 Å². The van der Waals surface area contributed by atoms with Crippen molar-refractivity contribution in [3.63, 3.8) is 0 Å². The molecule has 6 nitrogen and oxygen atoms in total. The van der Waals surface area contributed by atoms with Crippen LogP contribution in [0.3, 0.4) is 0 Å². The fourth-order valence-corrected chi connectivity index (χ4v) is 1.83. The highest BCUT2D eigenvalue weighted by atomic mass is 16.5. The molecule has 2 N–H and O–H groups in total. The van der Waals surface area contributed by atoms with Gasteiger partial charge in [-0.05, 0) is 12.8 Å². The highest BCUT2D eigenvalue weighted by molar-refractivity contribution is 5.82. The number of carbonyl (C=O) groups is 2. The number of amides is 2. The van der Waals surface area contributed by atoms with E-state index in [2.05, 4.69) is 5.32 Å². The summed E-state index contributed by atoms with van der Waals surface area (Å²) in [5, 5.41) is 11.4. The first-order valence-electron chi connectivity index (χ1n) is 5.97. The second-order valence-corrected chi connectivity index (χ2v) is 4.08. The maximum atomic E-state index is 11.9. The van der Waals surface area contributed by atoms with Crippen LogP contribution in [0.2, 0.25) is 0 Å². The molecule has 0 aromatic rings. The highest BCUT2D eigenvalue weighted by Gasteiger charge is 2.28. The van der Waals surface area contributed by atoms with E-state index in [0.29, 0.717) is 26.2 Å². The minimum atomic E-state index is -0.998. The monoisotopic (exact) mass is 244 g/mol. The first-order chi connectivity index (χ1) is 8.10. The molecule has 0 saturated carbocycles. The topological polar surface area (TPSA) is 78.9 Å². The van der Waals surface area contributed by atoms with Crippen molar-refractivity contribution in [1.82, 2.24) is 10.2 Å². The Morgan fingerprint density at radius 3 is 2.76 bits per heavy atom. The van der Waals surface area contributed by atoms with Gasteiger partial charge < -0.3 is 20.1 Å². The number of rotatable bonds is 4. The molecule has 17 heavy (non-hydrogen) atoms. The third-order valence-electron chi connectivity index (χ3n) is 2.96. The van der Waals surface area contributed by atoms with Gasteiger partial charge in [-0.2, -0.15) is 0 Å². The number of carbonyl (C=O) groups excluding carboxylic acids is 1. The second-order valence-electron chi connectivity index (χ2n) is 4.08. The lowest BCUT2D eigenvalue weighted by Crippen LogP contribution is -2.55. The molecule has 1 aliphatic heterocycles. The molecule has 6 heteroatoms. The Bertz CT molecular complexity index is 283. The molecule has 0 aromatic heterocycles. The molecule has 2 amide bonds. The predicted octanol–water partition coefficient (Wildman–Crippen LogP) is 0.670. The van der Waals surface area contributed by atoms with Crippen LogP contribution in [0.15, 0.2) is 0 Å². The number of hydrogen-bond donors (Lipinski definition) is 2. The summed E-state index contributed by atoms with van der Waals surface area (Å²) < 4.78 is 5.29. The van der Waals surface area contributed by atoms with Crippen molar-refractivity contribution < 1.29 is 19.4 Å². The number of nitrogens with zero attached hydrogens (tertiary/aromatic N) is 1.